The molecular weight excluding hydrogens is 407 g/mol. The third kappa shape index (κ3) is 5.45. The summed E-state index contributed by atoms with van der Waals surface area (Å²) in [5.74, 6) is 1.09. The third-order valence-electron chi connectivity index (χ3n) is 5.39. The summed E-state index contributed by atoms with van der Waals surface area (Å²) in [5, 5.41) is 2.80. The van der Waals surface area contributed by atoms with Crippen LogP contribution < -0.4 is 14.8 Å². The van der Waals surface area contributed by atoms with Crippen molar-refractivity contribution in [1.82, 2.24) is 10.2 Å². The molecule has 1 N–H and O–H groups in total. The summed E-state index contributed by atoms with van der Waals surface area (Å²) < 4.78 is 25.3. The second kappa shape index (κ2) is 10.3. The minimum atomic E-state index is -0.327. The molecule has 0 saturated carbocycles. The van der Waals surface area contributed by atoms with E-state index in [1.165, 1.54) is 6.07 Å². The molecule has 3 aromatic carbocycles. The lowest BCUT2D eigenvalue weighted by atomic mass is 10.1. The number of rotatable bonds is 7. The molecule has 1 aliphatic heterocycles. The first-order valence-electron chi connectivity index (χ1n) is 10.8. The Bertz CT molecular complexity index is 1090. The molecule has 4 rings (SSSR count). The summed E-state index contributed by atoms with van der Waals surface area (Å²) in [5.41, 5.74) is 3.11. The topological polar surface area (TPSA) is 50.8 Å². The van der Waals surface area contributed by atoms with Crippen LogP contribution in [0.2, 0.25) is 0 Å². The second-order valence-corrected chi connectivity index (χ2v) is 7.74. The van der Waals surface area contributed by atoms with E-state index < -0.39 is 0 Å². The van der Waals surface area contributed by atoms with Gasteiger partial charge in [-0.2, -0.15) is 0 Å². The summed E-state index contributed by atoms with van der Waals surface area (Å²) >= 11 is 0. The normalized spacial score (nSPS) is 13.6. The fourth-order valence-corrected chi connectivity index (χ4v) is 3.80. The Balaban J connectivity index is 1.44. The lowest BCUT2D eigenvalue weighted by molar-refractivity contribution is 0.0950. The van der Waals surface area contributed by atoms with Gasteiger partial charge in [0.2, 0.25) is 0 Å². The molecule has 0 bridgehead atoms. The van der Waals surface area contributed by atoms with E-state index in [1.807, 2.05) is 31.2 Å². The van der Waals surface area contributed by atoms with Crippen LogP contribution in [0.1, 0.15) is 34.0 Å². The highest BCUT2D eigenvalue weighted by Gasteiger charge is 2.18. The number of carbonyl (C=O) groups is 1. The highest BCUT2D eigenvalue weighted by molar-refractivity contribution is 5.94. The van der Waals surface area contributed by atoms with E-state index in [0.717, 1.165) is 35.7 Å². The SMILES string of the molecule is CCOc1cccc(CN2CCOc3ccc(C(=O)NCc4ccccc4F)cc3C2)c1. The molecule has 0 radical (unpaired) electrons. The number of carbonyl (C=O) groups excluding carboxylic acids is 1. The first-order valence-corrected chi connectivity index (χ1v) is 10.8. The van der Waals surface area contributed by atoms with Gasteiger partial charge in [0, 0.05) is 42.9 Å². The maximum absolute atomic E-state index is 13.8. The van der Waals surface area contributed by atoms with E-state index in [2.05, 4.69) is 22.3 Å². The number of amides is 1. The Morgan fingerprint density at radius 1 is 1.12 bits per heavy atom. The largest absolute Gasteiger partial charge is 0.494 e. The van der Waals surface area contributed by atoms with E-state index in [4.69, 9.17) is 9.47 Å². The number of nitrogens with zero attached hydrogens (tertiary/aromatic N) is 1. The van der Waals surface area contributed by atoms with Gasteiger partial charge in [-0.15, -0.1) is 0 Å². The summed E-state index contributed by atoms with van der Waals surface area (Å²) in [7, 11) is 0. The van der Waals surface area contributed by atoms with Crippen molar-refractivity contribution in [2.24, 2.45) is 0 Å². The van der Waals surface area contributed by atoms with E-state index in [9.17, 15) is 9.18 Å². The number of hydrogen-bond donors (Lipinski definition) is 1. The van der Waals surface area contributed by atoms with Crippen molar-refractivity contribution in [3.05, 3.63) is 94.8 Å². The van der Waals surface area contributed by atoms with Crippen molar-refractivity contribution in [2.45, 2.75) is 26.6 Å². The van der Waals surface area contributed by atoms with Gasteiger partial charge in [-0.3, -0.25) is 9.69 Å². The number of nitrogens with one attached hydrogen (secondary N) is 1. The molecule has 0 aromatic heterocycles. The zero-order chi connectivity index (χ0) is 22.3. The fourth-order valence-electron chi connectivity index (χ4n) is 3.80. The average molecular weight is 435 g/mol. The van der Waals surface area contributed by atoms with E-state index in [0.29, 0.717) is 30.9 Å². The van der Waals surface area contributed by atoms with Gasteiger partial charge in [-0.25, -0.2) is 4.39 Å². The van der Waals surface area contributed by atoms with Gasteiger partial charge in [0.15, 0.2) is 0 Å². The molecule has 0 spiro atoms. The van der Waals surface area contributed by atoms with Crippen molar-refractivity contribution in [1.29, 1.82) is 0 Å². The molecule has 0 aliphatic carbocycles. The van der Waals surface area contributed by atoms with Crippen molar-refractivity contribution in [3.63, 3.8) is 0 Å². The van der Waals surface area contributed by atoms with E-state index >= 15 is 0 Å². The number of ether oxygens (including phenoxy) is 2. The average Bonchev–Trinajstić information content (AvgIpc) is 3.00. The zero-order valence-electron chi connectivity index (χ0n) is 18.1. The van der Waals surface area contributed by atoms with Crippen LogP contribution in [0.3, 0.4) is 0 Å². The van der Waals surface area contributed by atoms with Gasteiger partial charge in [-0.1, -0.05) is 30.3 Å². The molecule has 32 heavy (non-hydrogen) atoms. The monoisotopic (exact) mass is 434 g/mol. The van der Waals surface area contributed by atoms with Crippen molar-refractivity contribution in [2.75, 3.05) is 19.8 Å². The summed E-state index contributed by atoms with van der Waals surface area (Å²) in [6.45, 7) is 5.53. The number of benzene rings is 3. The summed E-state index contributed by atoms with van der Waals surface area (Å²) in [4.78, 5) is 15.0. The Morgan fingerprint density at radius 3 is 2.84 bits per heavy atom. The van der Waals surface area contributed by atoms with Crippen molar-refractivity contribution in [3.8, 4) is 11.5 Å². The Hall–Kier alpha value is -3.38. The molecule has 6 heteroatoms. The standard InChI is InChI=1S/C26H27FN2O3/c1-2-31-23-8-5-6-19(14-23)17-29-12-13-32-25-11-10-20(15-22(25)18-29)26(30)28-16-21-7-3-4-9-24(21)27/h3-11,14-15H,2,12-13,16-18H2,1H3,(H,28,30). The number of hydrogen-bond acceptors (Lipinski definition) is 4. The molecule has 0 saturated heterocycles. The maximum Gasteiger partial charge on any atom is 0.251 e. The van der Waals surface area contributed by atoms with Crippen LogP contribution in [-0.2, 0) is 19.6 Å². The predicted molar refractivity (Wildman–Crippen MR) is 121 cm³/mol. The first kappa shape index (κ1) is 21.8. The lowest BCUT2D eigenvalue weighted by Gasteiger charge is -2.20. The molecular formula is C26H27FN2O3. The van der Waals surface area contributed by atoms with Crippen LogP contribution in [0.25, 0.3) is 0 Å². The molecule has 5 nitrogen and oxygen atoms in total. The van der Waals surface area contributed by atoms with Crippen LogP contribution in [0, 0.1) is 5.82 Å². The van der Waals surface area contributed by atoms with Crippen LogP contribution >= 0.6 is 0 Å². The van der Waals surface area contributed by atoms with Gasteiger partial charge >= 0.3 is 0 Å². The first-order chi connectivity index (χ1) is 15.6. The number of halogens is 1. The second-order valence-electron chi connectivity index (χ2n) is 7.74. The maximum atomic E-state index is 13.8. The van der Waals surface area contributed by atoms with Crippen molar-refractivity contribution < 1.29 is 18.7 Å². The fraction of sp³-hybridized carbons (Fsp3) is 0.269. The van der Waals surface area contributed by atoms with Gasteiger partial charge in [0.05, 0.1) is 6.61 Å². The Labute approximate surface area is 187 Å². The highest BCUT2D eigenvalue weighted by atomic mass is 19.1. The van der Waals surface area contributed by atoms with Crippen LogP contribution in [0.5, 0.6) is 11.5 Å². The molecule has 1 heterocycles. The predicted octanol–water partition coefficient (Wildman–Crippen LogP) is 4.55. The van der Waals surface area contributed by atoms with Gasteiger partial charge in [0.1, 0.15) is 23.9 Å². The Kier molecular flexibility index (Phi) is 7.02. The minimum absolute atomic E-state index is 0.140. The molecule has 0 fully saturated rings. The van der Waals surface area contributed by atoms with E-state index in [1.54, 1.807) is 24.3 Å². The number of fused-ring (bicyclic) bond motifs is 1. The zero-order valence-corrected chi connectivity index (χ0v) is 18.1. The van der Waals surface area contributed by atoms with Gasteiger partial charge < -0.3 is 14.8 Å². The van der Waals surface area contributed by atoms with Crippen LogP contribution in [0.15, 0.2) is 66.7 Å². The molecule has 0 unspecified atom stereocenters. The van der Waals surface area contributed by atoms with E-state index in [-0.39, 0.29) is 18.3 Å². The smallest absolute Gasteiger partial charge is 0.251 e. The minimum Gasteiger partial charge on any atom is -0.494 e. The molecule has 1 aliphatic rings. The third-order valence-corrected chi connectivity index (χ3v) is 5.39. The highest BCUT2D eigenvalue weighted by Crippen LogP contribution is 2.26. The molecule has 0 atom stereocenters. The quantitative estimate of drug-likeness (QED) is 0.593. The molecule has 1 amide bonds. The summed E-state index contributed by atoms with van der Waals surface area (Å²) in [6.07, 6.45) is 0. The molecule has 166 valence electrons. The van der Waals surface area contributed by atoms with Gasteiger partial charge in [0.25, 0.3) is 5.91 Å². The van der Waals surface area contributed by atoms with Gasteiger partial charge in [-0.05, 0) is 48.9 Å². The van der Waals surface area contributed by atoms with Crippen LogP contribution in [-0.4, -0.2) is 30.6 Å². The van der Waals surface area contributed by atoms with Crippen molar-refractivity contribution >= 4 is 5.91 Å². The Morgan fingerprint density at radius 2 is 2.00 bits per heavy atom. The lowest BCUT2D eigenvalue weighted by Crippen LogP contribution is -2.25. The van der Waals surface area contributed by atoms with Crippen LogP contribution in [0.4, 0.5) is 4.39 Å². The summed E-state index contributed by atoms with van der Waals surface area (Å²) in [6, 6.07) is 20.0. The molecule has 3 aromatic rings.